The van der Waals surface area contributed by atoms with Crippen molar-refractivity contribution in [1.29, 1.82) is 0 Å². The van der Waals surface area contributed by atoms with Crippen LogP contribution in [0.1, 0.15) is 38.7 Å². The number of hydrogen-bond acceptors (Lipinski definition) is 8. The summed E-state index contributed by atoms with van der Waals surface area (Å²) in [5.74, 6) is -3.92. The first-order valence-electron chi connectivity index (χ1n) is 11.6. The fraction of sp³-hybridized carbons (Fsp3) is 0.545. The van der Waals surface area contributed by atoms with E-state index in [1.54, 1.807) is 30.3 Å². The van der Waals surface area contributed by atoms with E-state index in [1.807, 2.05) is 0 Å². The van der Waals surface area contributed by atoms with E-state index in [1.165, 1.54) is 6.92 Å². The Morgan fingerprint density at radius 1 is 0.946 bits per heavy atom. The van der Waals surface area contributed by atoms with Crippen LogP contribution in [0.25, 0.3) is 0 Å². The highest BCUT2D eigenvalue weighted by Crippen LogP contribution is 2.38. The monoisotopic (exact) mass is 545 g/mol. The standard InChI is InChI=1S/C22H36N5O9P/c1-13(24)19(28)25-16(10-6-7-11-23)20(29)27-18(14(2)36-37(33,34)35)21(30)26-17(22(31)32)12-15-8-4-3-5-9-15/h3-5,8-9,13-14,16-18H,6-7,10-12,23-24H2,1-2H3,(H,25,28)(H,26,30)(H,27,29)(H,31,32)(H2,33,34,35)/t13-,14+,16-,17-,18-/m0/s1. The summed E-state index contributed by atoms with van der Waals surface area (Å²) in [6, 6.07) is 3.21. The number of nitrogens with one attached hydrogen (secondary N) is 3. The lowest BCUT2D eigenvalue weighted by atomic mass is 10.0. The number of nitrogens with two attached hydrogens (primary N) is 2. The van der Waals surface area contributed by atoms with Gasteiger partial charge in [0.25, 0.3) is 0 Å². The average Bonchev–Trinajstić information content (AvgIpc) is 2.80. The van der Waals surface area contributed by atoms with Crippen molar-refractivity contribution >= 4 is 31.5 Å². The van der Waals surface area contributed by atoms with Crippen LogP contribution in [0.5, 0.6) is 0 Å². The highest BCUT2D eigenvalue weighted by molar-refractivity contribution is 7.46. The molecule has 0 aliphatic carbocycles. The highest BCUT2D eigenvalue weighted by Gasteiger charge is 2.36. The van der Waals surface area contributed by atoms with E-state index >= 15 is 0 Å². The predicted molar refractivity (Wildman–Crippen MR) is 133 cm³/mol. The molecule has 0 saturated carbocycles. The van der Waals surface area contributed by atoms with Gasteiger partial charge in [-0.3, -0.25) is 18.9 Å². The number of amides is 3. The Morgan fingerprint density at radius 3 is 2.05 bits per heavy atom. The van der Waals surface area contributed by atoms with E-state index in [0.717, 1.165) is 6.92 Å². The van der Waals surface area contributed by atoms with Crippen LogP contribution < -0.4 is 27.4 Å². The van der Waals surface area contributed by atoms with Crippen LogP contribution in [-0.2, 0) is 34.7 Å². The number of unbranched alkanes of at least 4 members (excludes halogenated alkanes) is 1. The summed E-state index contributed by atoms with van der Waals surface area (Å²) in [6.45, 7) is 2.88. The van der Waals surface area contributed by atoms with Gasteiger partial charge in [0.05, 0.1) is 12.1 Å². The summed E-state index contributed by atoms with van der Waals surface area (Å²) >= 11 is 0. The fourth-order valence-electron chi connectivity index (χ4n) is 3.30. The number of carbonyl (C=O) groups excluding carboxylic acids is 3. The molecule has 0 heterocycles. The number of aliphatic carboxylic acids is 1. The lowest BCUT2D eigenvalue weighted by Gasteiger charge is -2.28. The van der Waals surface area contributed by atoms with Gasteiger partial charge in [-0.25, -0.2) is 9.36 Å². The molecule has 0 aliphatic heterocycles. The number of carboxylic acids is 1. The third-order valence-corrected chi connectivity index (χ3v) is 5.85. The maximum atomic E-state index is 13.1. The number of hydrogen-bond donors (Lipinski definition) is 8. The summed E-state index contributed by atoms with van der Waals surface area (Å²) in [5.41, 5.74) is 11.7. The second-order valence-electron chi connectivity index (χ2n) is 8.51. The SMILES string of the molecule is C[C@H](N)C(=O)N[C@@H](CCCCN)C(=O)N[C@H](C(=O)N[C@@H](Cc1ccccc1)C(=O)O)[C@@H](C)OP(=O)(O)O. The average molecular weight is 546 g/mol. The molecule has 0 aromatic heterocycles. The van der Waals surface area contributed by atoms with Gasteiger partial charge in [-0.05, 0) is 45.2 Å². The van der Waals surface area contributed by atoms with E-state index in [-0.39, 0.29) is 12.8 Å². The minimum atomic E-state index is -5.10. The van der Waals surface area contributed by atoms with Crippen molar-refractivity contribution in [1.82, 2.24) is 16.0 Å². The minimum absolute atomic E-state index is 0.0948. The molecule has 0 bridgehead atoms. The third kappa shape index (κ3) is 12.3. The number of carboxylic acid groups (broad SMARTS) is 1. The maximum absolute atomic E-state index is 13.1. The lowest BCUT2D eigenvalue weighted by Crippen LogP contribution is -2.60. The summed E-state index contributed by atoms with van der Waals surface area (Å²) in [4.78, 5) is 68.5. The molecule has 1 aromatic carbocycles. The van der Waals surface area contributed by atoms with Crippen molar-refractivity contribution in [2.24, 2.45) is 11.5 Å². The maximum Gasteiger partial charge on any atom is 0.469 e. The normalized spacial score (nSPS) is 15.5. The van der Waals surface area contributed by atoms with E-state index in [0.29, 0.717) is 24.9 Å². The first kappa shape index (κ1) is 32.2. The molecule has 0 unspecified atom stereocenters. The smallest absolute Gasteiger partial charge is 0.469 e. The van der Waals surface area contributed by atoms with Crippen LogP contribution in [0.3, 0.4) is 0 Å². The van der Waals surface area contributed by atoms with Gasteiger partial charge in [-0.2, -0.15) is 0 Å². The molecule has 10 N–H and O–H groups in total. The molecule has 15 heteroatoms. The molecule has 3 amide bonds. The third-order valence-electron chi connectivity index (χ3n) is 5.24. The molecule has 0 aliphatic rings. The molecule has 5 atom stereocenters. The van der Waals surface area contributed by atoms with Crippen LogP contribution in [0.2, 0.25) is 0 Å². The van der Waals surface area contributed by atoms with Crippen molar-refractivity contribution < 1.29 is 43.2 Å². The Labute approximate surface area is 214 Å². The molecule has 1 rings (SSSR count). The Hall–Kier alpha value is -2.87. The van der Waals surface area contributed by atoms with Crippen LogP contribution in [0.15, 0.2) is 30.3 Å². The Balaban J connectivity index is 3.16. The summed E-state index contributed by atoms with van der Waals surface area (Å²) < 4.78 is 16.0. The van der Waals surface area contributed by atoms with Gasteiger partial charge in [-0.15, -0.1) is 0 Å². The first-order valence-corrected chi connectivity index (χ1v) is 13.2. The van der Waals surface area contributed by atoms with Crippen molar-refractivity contribution in [2.45, 2.75) is 69.8 Å². The highest BCUT2D eigenvalue weighted by atomic mass is 31.2. The zero-order chi connectivity index (χ0) is 28.2. The fourth-order valence-corrected chi connectivity index (χ4v) is 3.86. The summed E-state index contributed by atoms with van der Waals surface area (Å²) in [5, 5.41) is 16.7. The molecule has 208 valence electrons. The molecule has 0 radical (unpaired) electrons. The van der Waals surface area contributed by atoms with Crippen LogP contribution >= 0.6 is 7.82 Å². The van der Waals surface area contributed by atoms with E-state index in [2.05, 4.69) is 20.5 Å². The zero-order valence-electron chi connectivity index (χ0n) is 20.7. The van der Waals surface area contributed by atoms with Crippen LogP contribution in [0.4, 0.5) is 0 Å². The van der Waals surface area contributed by atoms with Crippen molar-refractivity contribution in [2.75, 3.05) is 6.54 Å². The number of phosphoric ester groups is 1. The summed E-state index contributed by atoms with van der Waals surface area (Å²) in [6.07, 6.45) is -0.557. The number of phosphoric acid groups is 1. The minimum Gasteiger partial charge on any atom is -0.480 e. The Bertz CT molecular complexity index is 957. The number of carbonyl (C=O) groups is 4. The molecule has 0 spiro atoms. The number of rotatable bonds is 16. The van der Waals surface area contributed by atoms with Crippen molar-refractivity contribution in [3.05, 3.63) is 35.9 Å². The Morgan fingerprint density at radius 2 is 1.54 bits per heavy atom. The van der Waals surface area contributed by atoms with Crippen LogP contribution in [0, 0.1) is 0 Å². The molecular formula is C22H36N5O9P. The lowest BCUT2D eigenvalue weighted by molar-refractivity contribution is -0.143. The number of benzene rings is 1. The quantitative estimate of drug-likeness (QED) is 0.0900. The molecule has 1 aromatic rings. The topological polar surface area (TPSA) is 243 Å². The van der Waals surface area contributed by atoms with Crippen molar-refractivity contribution in [3.63, 3.8) is 0 Å². The van der Waals surface area contributed by atoms with E-state index in [9.17, 15) is 38.6 Å². The summed E-state index contributed by atoms with van der Waals surface area (Å²) in [7, 11) is -5.10. The molecular weight excluding hydrogens is 509 g/mol. The van der Waals surface area contributed by atoms with E-state index in [4.69, 9.17) is 11.5 Å². The second-order valence-corrected chi connectivity index (χ2v) is 9.70. The van der Waals surface area contributed by atoms with Gasteiger partial charge >= 0.3 is 13.8 Å². The molecule has 0 fully saturated rings. The van der Waals surface area contributed by atoms with Gasteiger partial charge in [0.15, 0.2) is 0 Å². The van der Waals surface area contributed by atoms with Gasteiger partial charge < -0.3 is 42.3 Å². The molecule has 37 heavy (non-hydrogen) atoms. The van der Waals surface area contributed by atoms with Gasteiger partial charge in [-0.1, -0.05) is 30.3 Å². The predicted octanol–water partition coefficient (Wildman–Crippen LogP) is -1.26. The zero-order valence-corrected chi connectivity index (χ0v) is 21.6. The van der Waals surface area contributed by atoms with Crippen molar-refractivity contribution in [3.8, 4) is 0 Å². The van der Waals surface area contributed by atoms with Gasteiger partial charge in [0, 0.05) is 6.42 Å². The van der Waals surface area contributed by atoms with E-state index < -0.39 is 61.8 Å². The largest absolute Gasteiger partial charge is 0.480 e. The van der Waals surface area contributed by atoms with Crippen LogP contribution in [-0.4, -0.2) is 75.4 Å². The molecule has 14 nitrogen and oxygen atoms in total. The first-order chi connectivity index (χ1) is 17.2. The van der Waals surface area contributed by atoms with Gasteiger partial charge in [0.1, 0.15) is 18.1 Å². The molecule has 0 saturated heterocycles. The van der Waals surface area contributed by atoms with Gasteiger partial charge in [0.2, 0.25) is 17.7 Å². The second kappa shape index (κ2) is 15.4. The Kier molecular flexibility index (Phi) is 13.4.